The van der Waals surface area contributed by atoms with E-state index in [0.29, 0.717) is 17.3 Å². The van der Waals surface area contributed by atoms with Crippen LogP contribution in [0.15, 0.2) is 0 Å². The molecule has 0 amide bonds. The van der Waals surface area contributed by atoms with Crippen LogP contribution in [-0.2, 0) is 4.74 Å². The van der Waals surface area contributed by atoms with E-state index in [1.54, 1.807) is 0 Å². The van der Waals surface area contributed by atoms with Crippen LogP contribution in [0.5, 0.6) is 0 Å². The zero-order chi connectivity index (χ0) is 21.8. The molecule has 176 valence electrons. The van der Waals surface area contributed by atoms with Crippen LogP contribution in [0.2, 0.25) is 0 Å². The van der Waals surface area contributed by atoms with E-state index in [1.807, 2.05) is 0 Å². The second-order valence-electron chi connectivity index (χ2n) is 13.8. The van der Waals surface area contributed by atoms with Gasteiger partial charge in [0.2, 0.25) is 0 Å². The first kappa shape index (κ1) is 21.4. The van der Waals surface area contributed by atoms with Gasteiger partial charge < -0.3 is 14.9 Å². The van der Waals surface area contributed by atoms with Crippen molar-refractivity contribution in [2.24, 2.45) is 58.2 Å². The number of hydrogen-bond donors (Lipinski definition) is 2. The molecular weight excluding hydrogens is 384 g/mol. The maximum atomic E-state index is 10.6. The van der Waals surface area contributed by atoms with E-state index in [2.05, 4.69) is 27.7 Å². The lowest BCUT2D eigenvalue weighted by Crippen LogP contribution is -2.57. The molecule has 1 saturated heterocycles. The molecule has 0 radical (unpaired) electrons. The molecule has 13 atom stereocenters. The van der Waals surface area contributed by atoms with Crippen LogP contribution in [0, 0.1) is 58.2 Å². The number of fused-ring (bicyclic) bond motifs is 7. The zero-order valence-corrected chi connectivity index (χ0v) is 20.4. The largest absolute Gasteiger partial charge is 0.390 e. The smallest absolute Gasteiger partial charge is 0.0804 e. The van der Waals surface area contributed by atoms with Crippen molar-refractivity contribution in [1.82, 2.24) is 0 Å². The highest BCUT2D eigenvalue weighted by Crippen LogP contribution is 2.73. The van der Waals surface area contributed by atoms with Crippen LogP contribution in [-0.4, -0.2) is 34.6 Å². The molecule has 2 N–H and O–H groups in total. The molecular formula is C28H46O3. The Bertz CT molecular complexity index is 713. The number of hydrogen-bond acceptors (Lipinski definition) is 3. The summed E-state index contributed by atoms with van der Waals surface area (Å²) in [7, 11) is 0. The SMILES string of the molecule is C[C@@H]1CC[C@]2(C[C@H]3C[C@H]4[C@@H]5CC[C@H]6C[C@@H](O)[C@H](O)C[C@]6(C)[C@H]5CC[C@]4(C)[C@H]3[C@@H]2C)OC1. The first-order chi connectivity index (χ1) is 14.7. The number of rotatable bonds is 0. The Kier molecular flexibility index (Phi) is 4.80. The highest BCUT2D eigenvalue weighted by Gasteiger charge is 2.68. The van der Waals surface area contributed by atoms with Crippen molar-refractivity contribution in [3.8, 4) is 0 Å². The van der Waals surface area contributed by atoms with E-state index in [4.69, 9.17) is 4.74 Å². The molecule has 0 unspecified atom stereocenters. The second kappa shape index (κ2) is 6.95. The molecule has 0 aromatic carbocycles. The summed E-state index contributed by atoms with van der Waals surface area (Å²) >= 11 is 0. The van der Waals surface area contributed by atoms with E-state index >= 15 is 0 Å². The summed E-state index contributed by atoms with van der Waals surface area (Å²) in [5.74, 6) is 6.21. The fraction of sp³-hybridized carbons (Fsp3) is 1.00. The van der Waals surface area contributed by atoms with E-state index < -0.39 is 12.2 Å². The lowest BCUT2D eigenvalue weighted by atomic mass is 9.44. The van der Waals surface area contributed by atoms with Crippen molar-refractivity contribution in [1.29, 1.82) is 0 Å². The Balaban J connectivity index is 1.26. The summed E-state index contributed by atoms with van der Waals surface area (Å²) in [6.07, 6.45) is 11.4. The van der Waals surface area contributed by atoms with Gasteiger partial charge in [0.15, 0.2) is 0 Å². The molecule has 1 spiro atoms. The van der Waals surface area contributed by atoms with Crippen molar-refractivity contribution < 1.29 is 14.9 Å². The average molecular weight is 431 g/mol. The van der Waals surface area contributed by atoms with Gasteiger partial charge in [-0.3, -0.25) is 0 Å². The minimum Gasteiger partial charge on any atom is -0.390 e. The molecule has 5 saturated carbocycles. The molecule has 6 fully saturated rings. The summed E-state index contributed by atoms with van der Waals surface area (Å²) < 4.78 is 6.68. The lowest BCUT2D eigenvalue weighted by Gasteiger charge is -2.62. The maximum Gasteiger partial charge on any atom is 0.0804 e. The predicted octanol–water partition coefficient (Wildman–Crippen LogP) is 5.43. The van der Waals surface area contributed by atoms with Crippen molar-refractivity contribution >= 4 is 0 Å². The Labute approximate surface area is 189 Å². The summed E-state index contributed by atoms with van der Waals surface area (Å²) in [5, 5.41) is 20.9. The van der Waals surface area contributed by atoms with E-state index in [-0.39, 0.29) is 11.0 Å². The summed E-state index contributed by atoms with van der Waals surface area (Å²) in [6.45, 7) is 11.0. The molecule has 6 aliphatic rings. The maximum absolute atomic E-state index is 10.6. The summed E-state index contributed by atoms with van der Waals surface area (Å²) in [4.78, 5) is 0. The third kappa shape index (κ3) is 2.81. The van der Waals surface area contributed by atoms with Crippen LogP contribution in [0.25, 0.3) is 0 Å². The molecule has 5 aliphatic carbocycles. The highest BCUT2D eigenvalue weighted by molar-refractivity contribution is 5.17. The average Bonchev–Trinajstić information content (AvgIpc) is 3.16. The lowest BCUT2D eigenvalue weighted by molar-refractivity contribution is -0.168. The molecule has 1 aliphatic heterocycles. The fourth-order valence-corrected chi connectivity index (χ4v) is 11.1. The van der Waals surface area contributed by atoms with Gasteiger partial charge in [0.1, 0.15) is 0 Å². The van der Waals surface area contributed by atoms with E-state index in [0.717, 1.165) is 55.0 Å². The second-order valence-corrected chi connectivity index (χ2v) is 13.8. The van der Waals surface area contributed by atoms with Crippen molar-refractivity contribution in [3.63, 3.8) is 0 Å². The molecule has 31 heavy (non-hydrogen) atoms. The van der Waals surface area contributed by atoms with Crippen LogP contribution >= 0.6 is 0 Å². The molecule has 3 heteroatoms. The fourth-order valence-electron chi connectivity index (χ4n) is 11.1. The Hall–Kier alpha value is -0.120. The Morgan fingerprint density at radius 1 is 0.806 bits per heavy atom. The van der Waals surface area contributed by atoms with Gasteiger partial charge in [-0.05, 0) is 122 Å². The summed E-state index contributed by atoms with van der Waals surface area (Å²) in [5.41, 5.74) is 0.896. The van der Waals surface area contributed by atoms with Gasteiger partial charge in [0.05, 0.1) is 17.8 Å². The van der Waals surface area contributed by atoms with Crippen LogP contribution in [0.4, 0.5) is 0 Å². The monoisotopic (exact) mass is 430 g/mol. The van der Waals surface area contributed by atoms with Gasteiger partial charge in [0, 0.05) is 6.61 Å². The zero-order valence-electron chi connectivity index (χ0n) is 20.4. The third-order valence-electron chi connectivity index (χ3n) is 12.6. The number of aliphatic hydroxyl groups excluding tert-OH is 2. The van der Waals surface area contributed by atoms with Gasteiger partial charge in [-0.15, -0.1) is 0 Å². The van der Waals surface area contributed by atoms with Gasteiger partial charge in [0.25, 0.3) is 0 Å². The number of ether oxygens (including phenoxy) is 1. The van der Waals surface area contributed by atoms with E-state index in [9.17, 15) is 10.2 Å². The van der Waals surface area contributed by atoms with Crippen molar-refractivity contribution in [2.45, 2.75) is 110 Å². The van der Waals surface area contributed by atoms with Gasteiger partial charge >= 0.3 is 0 Å². The minimum atomic E-state index is -0.512. The molecule has 0 aromatic heterocycles. The molecule has 0 bridgehead atoms. The predicted molar refractivity (Wildman–Crippen MR) is 122 cm³/mol. The van der Waals surface area contributed by atoms with Gasteiger partial charge in [-0.25, -0.2) is 0 Å². The Morgan fingerprint density at radius 3 is 2.35 bits per heavy atom. The van der Waals surface area contributed by atoms with E-state index in [1.165, 1.54) is 51.4 Å². The topological polar surface area (TPSA) is 49.7 Å². The van der Waals surface area contributed by atoms with Gasteiger partial charge in [-0.2, -0.15) is 0 Å². The standard InChI is InChI=1S/C28H46O3/c1-16-7-10-28(31-15-16)13-18-11-22-20-6-5-19-12-23(29)24(30)14-27(19,4)21(20)8-9-26(22,3)25(18)17(28)2/h16-25,29-30H,5-15H2,1-4H3/t16-,17+,18-,19+,20-,21+,22+,23-,24-,25+,26+,27+,28-/m1/s1. The van der Waals surface area contributed by atoms with Crippen molar-refractivity contribution in [3.05, 3.63) is 0 Å². The first-order valence-electron chi connectivity index (χ1n) is 13.7. The van der Waals surface area contributed by atoms with Gasteiger partial charge in [-0.1, -0.05) is 27.7 Å². The third-order valence-corrected chi connectivity index (χ3v) is 12.6. The van der Waals surface area contributed by atoms with Crippen molar-refractivity contribution in [2.75, 3.05) is 6.61 Å². The molecule has 0 aromatic rings. The summed E-state index contributed by atoms with van der Waals surface area (Å²) in [6, 6.07) is 0. The van der Waals surface area contributed by atoms with Crippen LogP contribution in [0.1, 0.15) is 91.9 Å². The van der Waals surface area contributed by atoms with Crippen LogP contribution in [0.3, 0.4) is 0 Å². The van der Waals surface area contributed by atoms with Crippen LogP contribution < -0.4 is 0 Å². The normalized spacial score (nSPS) is 63.3. The molecule has 1 heterocycles. The number of aliphatic hydroxyl groups is 2. The first-order valence-corrected chi connectivity index (χ1v) is 13.7. The highest BCUT2D eigenvalue weighted by atomic mass is 16.5. The quantitative estimate of drug-likeness (QED) is 0.539. The minimum absolute atomic E-state index is 0.180. The Morgan fingerprint density at radius 2 is 1.61 bits per heavy atom. The molecule has 3 nitrogen and oxygen atoms in total. The molecule has 6 rings (SSSR count).